The van der Waals surface area contributed by atoms with E-state index in [1.54, 1.807) is 0 Å². The van der Waals surface area contributed by atoms with Gasteiger partial charge < -0.3 is 15.5 Å². The van der Waals surface area contributed by atoms with Crippen LogP contribution in [0.25, 0.3) is 0 Å². The maximum atomic E-state index is 13.4. The smallest absolute Gasteiger partial charge is 0.339 e. The molecule has 1 amide bonds. The van der Waals surface area contributed by atoms with Crippen LogP contribution in [0.3, 0.4) is 0 Å². The number of nitrogens with one attached hydrogen (secondary N) is 1. The molecule has 2 rings (SSSR count). The second kappa shape index (κ2) is 5.92. The molecule has 0 radical (unpaired) electrons. The Hall–Kier alpha value is -2.41. The van der Waals surface area contributed by atoms with Gasteiger partial charge in [0, 0.05) is 11.3 Å². The van der Waals surface area contributed by atoms with Crippen LogP contribution in [0.15, 0.2) is 40.9 Å². The van der Waals surface area contributed by atoms with E-state index in [0.717, 1.165) is 18.2 Å². The van der Waals surface area contributed by atoms with Crippen molar-refractivity contribution >= 4 is 33.5 Å². The molecule has 0 bridgehead atoms. The van der Waals surface area contributed by atoms with Gasteiger partial charge in [-0.1, -0.05) is 0 Å². The molecule has 7 heteroatoms. The van der Waals surface area contributed by atoms with Crippen molar-refractivity contribution in [3.05, 3.63) is 57.8 Å². The number of rotatable bonds is 3. The van der Waals surface area contributed by atoms with E-state index in [9.17, 15) is 19.1 Å². The first-order valence-electron chi connectivity index (χ1n) is 5.71. The molecule has 3 N–H and O–H groups in total. The van der Waals surface area contributed by atoms with Crippen LogP contribution >= 0.6 is 15.9 Å². The Morgan fingerprint density at radius 3 is 2.48 bits per heavy atom. The number of carboxylic acids is 1. The van der Waals surface area contributed by atoms with Crippen molar-refractivity contribution in [3.63, 3.8) is 0 Å². The zero-order valence-electron chi connectivity index (χ0n) is 10.4. The summed E-state index contributed by atoms with van der Waals surface area (Å²) >= 11 is 2.98. The highest BCUT2D eigenvalue weighted by atomic mass is 79.9. The van der Waals surface area contributed by atoms with Gasteiger partial charge in [0.25, 0.3) is 5.91 Å². The van der Waals surface area contributed by atoms with Crippen molar-refractivity contribution in [1.82, 2.24) is 0 Å². The zero-order valence-corrected chi connectivity index (χ0v) is 12.0. The molecule has 0 aliphatic heterocycles. The van der Waals surface area contributed by atoms with E-state index in [4.69, 9.17) is 5.11 Å². The second-order valence-electron chi connectivity index (χ2n) is 4.12. The van der Waals surface area contributed by atoms with Gasteiger partial charge in [0.1, 0.15) is 17.1 Å². The number of carbonyl (C=O) groups excluding carboxylic acids is 1. The number of halogens is 2. The minimum atomic E-state index is -1.32. The SMILES string of the molecule is O=C(Nc1ccc(O)c(C(=O)O)c1)c1ccc(Br)c(F)c1. The van der Waals surface area contributed by atoms with Gasteiger partial charge in [0.05, 0.1) is 4.47 Å². The topological polar surface area (TPSA) is 86.6 Å². The lowest BCUT2D eigenvalue weighted by Gasteiger charge is -2.07. The molecule has 21 heavy (non-hydrogen) atoms. The van der Waals surface area contributed by atoms with Gasteiger partial charge in [-0.25, -0.2) is 9.18 Å². The summed E-state index contributed by atoms with van der Waals surface area (Å²) in [6.07, 6.45) is 0. The van der Waals surface area contributed by atoms with Crippen molar-refractivity contribution < 1.29 is 24.2 Å². The summed E-state index contributed by atoms with van der Waals surface area (Å²) in [6, 6.07) is 7.48. The van der Waals surface area contributed by atoms with E-state index in [1.807, 2.05) is 0 Å². The molecule has 0 saturated heterocycles. The Balaban J connectivity index is 2.25. The molecule has 0 aliphatic rings. The van der Waals surface area contributed by atoms with E-state index in [1.165, 1.54) is 18.2 Å². The maximum Gasteiger partial charge on any atom is 0.339 e. The first kappa shape index (κ1) is 15.0. The highest BCUT2D eigenvalue weighted by Crippen LogP contribution is 2.22. The lowest BCUT2D eigenvalue weighted by molar-refractivity contribution is 0.0693. The quantitative estimate of drug-likeness (QED) is 0.739. The number of aromatic carboxylic acids is 1. The molecule has 0 saturated carbocycles. The van der Waals surface area contributed by atoms with Crippen LogP contribution in [0.5, 0.6) is 5.75 Å². The van der Waals surface area contributed by atoms with E-state index < -0.39 is 23.4 Å². The molecule has 108 valence electrons. The predicted molar refractivity (Wildman–Crippen MR) is 77.1 cm³/mol. The van der Waals surface area contributed by atoms with Gasteiger partial charge >= 0.3 is 5.97 Å². The summed E-state index contributed by atoms with van der Waals surface area (Å²) in [5.74, 6) is -2.91. The molecule has 2 aromatic rings. The Bertz CT molecular complexity index is 733. The van der Waals surface area contributed by atoms with Crippen molar-refractivity contribution in [1.29, 1.82) is 0 Å². The molecule has 2 aromatic carbocycles. The Morgan fingerprint density at radius 1 is 1.14 bits per heavy atom. The van der Waals surface area contributed by atoms with Gasteiger partial charge in [-0.2, -0.15) is 0 Å². The van der Waals surface area contributed by atoms with E-state index in [0.29, 0.717) is 0 Å². The van der Waals surface area contributed by atoms with Crippen molar-refractivity contribution in [2.24, 2.45) is 0 Å². The largest absolute Gasteiger partial charge is 0.507 e. The third-order valence-electron chi connectivity index (χ3n) is 2.67. The second-order valence-corrected chi connectivity index (χ2v) is 4.97. The van der Waals surface area contributed by atoms with E-state index >= 15 is 0 Å². The molecular formula is C14H9BrFNO4. The number of hydrogen-bond acceptors (Lipinski definition) is 3. The summed E-state index contributed by atoms with van der Waals surface area (Å²) in [6.45, 7) is 0. The third-order valence-corrected chi connectivity index (χ3v) is 3.31. The van der Waals surface area contributed by atoms with Crippen LogP contribution in [0, 0.1) is 5.82 Å². The molecular weight excluding hydrogens is 345 g/mol. The number of anilines is 1. The Labute approximate surface area is 127 Å². The van der Waals surface area contributed by atoms with E-state index in [-0.39, 0.29) is 21.3 Å². The molecule has 5 nitrogen and oxygen atoms in total. The summed E-state index contributed by atoms with van der Waals surface area (Å²) < 4.78 is 13.6. The van der Waals surface area contributed by atoms with E-state index in [2.05, 4.69) is 21.2 Å². The highest BCUT2D eigenvalue weighted by Gasteiger charge is 2.13. The summed E-state index contributed by atoms with van der Waals surface area (Å²) in [5.41, 5.74) is -0.0750. The number of carbonyl (C=O) groups is 2. The molecule has 0 heterocycles. The molecule has 0 spiro atoms. The standard InChI is InChI=1S/C14H9BrFNO4/c15-10-3-1-7(5-11(10)16)13(19)17-8-2-4-12(18)9(6-8)14(20)21/h1-6,18H,(H,17,19)(H,20,21). The fraction of sp³-hybridized carbons (Fsp3) is 0. The van der Waals surface area contributed by atoms with Gasteiger partial charge in [-0.05, 0) is 52.3 Å². The number of hydrogen-bond donors (Lipinski definition) is 3. The average molecular weight is 354 g/mol. The molecule has 0 aromatic heterocycles. The summed E-state index contributed by atoms with van der Waals surface area (Å²) in [5, 5.41) is 20.7. The summed E-state index contributed by atoms with van der Waals surface area (Å²) in [4.78, 5) is 22.8. The monoisotopic (exact) mass is 353 g/mol. The van der Waals surface area contributed by atoms with Crippen molar-refractivity contribution in [2.45, 2.75) is 0 Å². The lowest BCUT2D eigenvalue weighted by atomic mass is 10.1. The first-order valence-corrected chi connectivity index (χ1v) is 6.50. The molecule has 0 unspecified atom stereocenters. The minimum absolute atomic E-state index is 0.0839. The van der Waals surface area contributed by atoms with Gasteiger partial charge in [0.15, 0.2) is 0 Å². The Morgan fingerprint density at radius 2 is 1.86 bits per heavy atom. The van der Waals surface area contributed by atoms with Crippen LogP contribution in [-0.2, 0) is 0 Å². The van der Waals surface area contributed by atoms with Gasteiger partial charge in [-0.3, -0.25) is 4.79 Å². The van der Waals surface area contributed by atoms with Crippen LogP contribution in [0.4, 0.5) is 10.1 Å². The fourth-order valence-electron chi connectivity index (χ4n) is 1.63. The number of phenols is 1. The lowest BCUT2D eigenvalue weighted by Crippen LogP contribution is -2.12. The first-order chi connectivity index (χ1) is 9.88. The van der Waals surface area contributed by atoms with Crippen LogP contribution in [-0.4, -0.2) is 22.1 Å². The predicted octanol–water partition coefficient (Wildman–Crippen LogP) is 3.24. The zero-order chi connectivity index (χ0) is 15.6. The van der Waals surface area contributed by atoms with Crippen molar-refractivity contribution in [2.75, 3.05) is 5.32 Å². The molecule has 0 aliphatic carbocycles. The normalized spacial score (nSPS) is 10.2. The molecule has 0 atom stereocenters. The fourth-order valence-corrected chi connectivity index (χ4v) is 1.87. The number of benzene rings is 2. The molecule has 0 fully saturated rings. The number of aromatic hydroxyl groups is 1. The third kappa shape index (κ3) is 3.38. The van der Waals surface area contributed by atoms with Gasteiger partial charge in [0.2, 0.25) is 0 Å². The number of carboxylic acid groups (broad SMARTS) is 1. The summed E-state index contributed by atoms with van der Waals surface area (Å²) in [7, 11) is 0. The Kier molecular flexibility index (Phi) is 4.23. The van der Waals surface area contributed by atoms with Gasteiger partial charge in [-0.15, -0.1) is 0 Å². The van der Waals surface area contributed by atoms with Crippen LogP contribution in [0.1, 0.15) is 20.7 Å². The van der Waals surface area contributed by atoms with Crippen LogP contribution in [0.2, 0.25) is 0 Å². The average Bonchev–Trinajstić information content (AvgIpc) is 2.43. The van der Waals surface area contributed by atoms with Crippen molar-refractivity contribution in [3.8, 4) is 5.75 Å². The maximum absolute atomic E-state index is 13.4. The minimum Gasteiger partial charge on any atom is -0.507 e. The number of amides is 1. The van der Waals surface area contributed by atoms with Crippen LogP contribution < -0.4 is 5.32 Å². The highest BCUT2D eigenvalue weighted by molar-refractivity contribution is 9.10.